The molecule has 1 saturated heterocycles. The van der Waals surface area contributed by atoms with E-state index >= 15 is 0 Å². The van der Waals surface area contributed by atoms with E-state index in [9.17, 15) is 4.79 Å². The molecule has 4 heteroatoms. The van der Waals surface area contributed by atoms with Crippen molar-refractivity contribution in [2.45, 2.75) is 38.6 Å². The van der Waals surface area contributed by atoms with Crippen LogP contribution < -0.4 is 10.6 Å². The van der Waals surface area contributed by atoms with E-state index in [2.05, 4.69) is 45.6 Å². The Labute approximate surface area is 129 Å². The van der Waals surface area contributed by atoms with Crippen molar-refractivity contribution in [1.82, 2.24) is 10.6 Å². The van der Waals surface area contributed by atoms with Crippen LogP contribution in [0.15, 0.2) is 28.7 Å². The molecule has 2 N–H and O–H groups in total. The predicted molar refractivity (Wildman–Crippen MR) is 85.7 cm³/mol. The maximum Gasteiger partial charge on any atom is 0.220 e. The smallest absolute Gasteiger partial charge is 0.220 e. The fourth-order valence-corrected chi connectivity index (χ4v) is 2.98. The molecule has 0 radical (unpaired) electrons. The maximum absolute atomic E-state index is 12.0. The van der Waals surface area contributed by atoms with Crippen LogP contribution in [0.25, 0.3) is 0 Å². The summed E-state index contributed by atoms with van der Waals surface area (Å²) < 4.78 is 1.09. The molecule has 0 saturated carbocycles. The topological polar surface area (TPSA) is 41.1 Å². The van der Waals surface area contributed by atoms with Crippen molar-refractivity contribution < 1.29 is 4.79 Å². The Morgan fingerprint density at radius 2 is 2.20 bits per heavy atom. The lowest BCUT2D eigenvalue weighted by Crippen LogP contribution is -2.38. The van der Waals surface area contributed by atoms with E-state index in [0.29, 0.717) is 12.3 Å². The zero-order valence-corrected chi connectivity index (χ0v) is 13.6. The minimum Gasteiger partial charge on any atom is -0.353 e. The molecule has 1 aliphatic rings. The van der Waals surface area contributed by atoms with Crippen LogP contribution in [-0.4, -0.2) is 25.0 Å². The molecule has 0 spiro atoms. The second-order valence-electron chi connectivity index (χ2n) is 5.72. The molecular weight excluding hydrogens is 316 g/mol. The van der Waals surface area contributed by atoms with Gasteiger partial charge in [0.25, 0.3) is 0 Å². The van der Waals surface area contributed by atoms with E-state index < -0.39 is 0 Å². The lowest BCUT2D eigenvalue weighted by atomic mass is 9.95. The summed E-state index contributed by atoms with van der Waals surface area (Å²) in [6.45, 7) is 4.14. The maximum atomic E-state index is 12.0. The van der Waals surface area contributed by atoms with E-state index in [1.165, 1.54) is 18.4 Å². The quantitative estimate of drug-likeness (QED) is 0.866. The number of hydrogen-bond acceptors (Lipinski definition) is 2. The van der Waals surface area contributed by atoms with E-state index in [4.69, 9.17) is 0 Å². The van der Waals surface area contributed by atoms with Gasteiger partial charge in [-0.2, -0.15) is 0 Å². The first-order valence-corrected chi connectivity index (χ1v) is 8.17. The van der Waals surface area contributed by atoms with E-state index in [0.717, 1.165) is 24.0 Å². The van der Waals surface area contributed by atoms with Crippen LogP contribution in [0.5, 0.6) is 0 Å². The van der Waals surface area contributed by atoms with Gasteiger partial charge in [0, 0.05) is 16.9 Å². The van der Waals surface area contributed by atoms with Crippen LogP contribution in [0.4, 0.5) is 0 Å². The van der Waals surface area contributed by atoms with Crippen molar-refractivity contribution in [2.24, 2.45) is 5.92 Å². The van der Waals surface area contributed by atoms with E-state index in [-0.39, 0.29) is 11.9 Å². The first-order chi connectivity index (χ1) is 9.63. The van der Waals surface area contributed by atoms with Crippen molar-refractivity contribution in [1.29, 1.82) is 0 Å². The van der Waals surface area contributed by atoms with Gasteiger partial charge < -0.3 is 10.6 Å². The molecule has 2 atom stereocenters. The zero-order valence-electron chi connectivity index (χ0n) is 12.0. The third-order valence-electron chi connectivity index (χ3n) is 3.74. The minimum absolute atomic E-state index is 0.181. The molecule has 1 fully saturated rings. The zero-order chi connectivity index (χ0) is 14.4. The first-order valence-electron chi connectivity index (χ1n) is 7.38. The average molecular weight is 339 g/mol. The number of rotatable bonds is 5. The van der Waals surface area contributed by atoms with Gasteiger partial charge in [-0.05, 0) is 62.9 Å². The summed E-state index contributed by atoms with van der Waals surface area (Å²) in [5, 5.41) is 6.47. The van der Waals surface area contributed by atoms with Gasteiger partial charge in [-0.15, -0.1) is 0 Å². The van der Waals surface area contributed by atoms with Gasteiger partial charge in [-0.3, -0.25) is 4.79 Å². The Kier molecular flexibility index (Phi) is 6.05. The van der Waals surface area contributed by atoms with Gasteiger partial charge in [0.15, 0.2) is 0 Å². The number of carbonyl (C=O) groups excluding carboxylic acids is 1. The van der Waals surface area contributed by atoms with Crippen molar-refractivity contribution >= 4 is 21.8 Å². The predicted octanol–water partition coefficient (Wildman–Crippen LogP) is 2.89. The van der Waals surface area contributed by atoms with Gasteiger partial charge >= 0.3 is 0 Å². The highest BCUT2D eigenvalue weighted by atomic mass is 79.9. The monoisotopic (exact) mass is 338 g/mol. The van der Waals surface area contributed by atoms with E-state index in [1.807, 2.05) is 12.1 Å². The van der Waals surface area contributed by atoms with Crippen LogP contribution in [-0.2, 0) is 11.2 Å². The number of carbonyl (C=O) groups is 1. The summed E-state index contributed by atoms with van der Waals surface area (Å²) in [5.74, 6) is 0.687. The fourth-order valence-electron chi connectivity index (χ4n) is 2.72. The highest BCUT2D eigenvalue weighted by Gasteiger charge is 2.17. The number of nitrogens with one attached hydrogen (secondary N) is 2. The molecule has 2 rings (SSSR count). The summed E-state index contributed by atoms with van der Waals surface area (Å²) in [4.78, 5) is 12.0. The number of benzene rings is 1. The molecule has 1 aromatic rings. The van der Waals surface area contributed by atoms with Gasteiger partial charge in [0.05, 0.1) is 0 Å². The van der Waals surface area contributed by atoms with Crippen molar-refractivity contribution in [3.63, 3.8) is 0 Å². The number of halogens is 1. The van der Waals surface area contributed by atoms with Gasteiger partial charge in [0.1, 0.15) is 0 Å². The molecule has 1 aromatic carbocycles. The molecule has 1 amide bonds. The molecule has 1 heterocycles. The molecule has 20 heavy (non-hydrogen) atoms. The molecule has 0 bridgehead atoms. The molecule has 0 aliphatic carbocycles. The number of amides is 1. The highest BCUT2D eigenvalue weighted by molar-refractivity contribution is 9.10. The molecule has 110 valence electrons. The highest BCUT2D eigenvalue weighted by Crippen LogP contribution is 2.14. The third kappa shape index (κ3) is 5.25. The molecular formula is C16H23BrN2O. The molecule has 2 unspecified atom stereocenters. The lowest BCUT2D eigenvalue weighted by Gasteiger charge is -2.23. The minimum atomic E-state index is 0.181. The van der Waals surface area contributed by atoms with Crippen LogP contribution in [0.3, 0.4) is 0 Å². The Bertz CT molecular complexity index is 427. The molecule has 3 nitrogen and oxygen atoms in total. The molecule has 0 aromatic heterocycles. The summed E-state index contributed by atoms with van der Waals surface area (Å²) >= 11 is 3.43. The fraction of sp³-hybridized carbons (Fsp3) is 0.562. The second-order valence-corrected chi connectivity index (χ2v) is 6.63. The van der Waals surface area contributed by atoms with Gasteiger partial charge in [-0.25, -0.2) is 0 Å². The summed E-state index contributed by atoms with van der Waals surface area (Å²) in [6.07, 6.45) is 3.88. The first kappa shape index (κ1) is 15.5. The second kappa shape index (κ2) is 7.79. The van der Waals surface area contributed by atoms with Crippen LogP contribution in [0, 0.1) is 5.92 Å². The van der Waals surface area contributed by atoms with Crippen LogP contribution in [0.2, 0.25) is 0 Å². The average Bonchev–Trinajstić information content (AvgIpc) is 2.42. The lowest BCUT2D eigenvalue weighted by molar-refractivity contribution is -0.122. The molecule has 1 aliphatic heterocycles. The summed E-state index contributed by atoms with van der Waals surface area (Å²) in [6, 6.07) is 8.45. The Hall–Kier alpha value is -0.870. The third-order valence-corrected chi connectivity index (χ3v) is 4.26. The largest absolute Gasteiger partial charge is 0.353 e. The van der Waals surface area contributed by atoms with Crippen molar-refractivity contribution in [3.05, 3.63) is 34.3 Å². The Morgan fingerprint density at radius 1 is 1.45 bits per heavy atom. The summed E-state index contributed by atoms with van der Waals surface area (Å²) in [7, 11) is 0. The Morgan fingerprint density at radius 3 is 2.85 bits per heavy atom. The normalized spacial score (nSPS) is 20.4. The van der Waals surface area contributed by atoms with Gasteiger partial charge in [-0.1, -0.05) is 28.1 Å². The van der Waals surface area contributed by atoms with Crippen molar-refractivity contribution in [2.75, 3.05) is 13.1 Å². The van der Waals surface area contributed by atoms with Crippen LogP contribution >= 0.6 is 15.9 Å². The van der Waals surface area contributed by atoms with Crippen LogP contribution in [0.1, 0.15) is 31.7 Å². The van der Waals surface area contributed by atoms with E-state index in [1.54, 1.807) is 0 Å². The number of piperidine rings is 1. The number of hydrogen-bond donors (Lipinski definition) is 2. The summed E-state index contributed by atoms with van der Waals surface area (Å²) in [5.41, 5.74) is 1.25. The van der Waals surface area contributed by atoms with Crippen molar-refractivity contribution in [3.8, 4) is 0 Å². The van der Waals surface area contributed by atoms with Gasteiger partial charge in [0.2, 0.25) is 5.91 Å². The SMILES string of the molecule is CC(Cc1ccc(Br)cc1)NC(=O)CC1CCCNC1. The Balaban J connectivity index is 1.74. The standard InChI is InChI=1S/C16H23BrN2O/c1-12(9-13-4-6-15(17)7-5-13)19-16(20)10-14-3-2-8-18-11-14/h4-7,12,14,18H,2-3,8-11H2,1H3,(H,19,20).